The van der Waals surface area contributed by atoms with Crippen LogP contribution in [0.2, 0.25) is 10.3 Å². The quantitative estimate of drug-likeness (QED) is 0.903. The van der Waals surface area contributed by atoms with Crippen LogP contribution in [0.15, 0.2) is 17.0 Å². The summed E-state index contributed by atoms with van der Waals surface area (Å²) in [7, 11) is 0. The van der Waals surface area contributed by atoms with E-state index in [1.54, 1.807) is 6.07 Å². The predicted octanol–water partition coefficient (Wildman–Crippen LogP) is 1.82. The van der Waals surface area contributed by atoms with E-state index >= 15 is 0 Å². The highest BCUT2D eigenvalue weighted by molar-refractivity contribution is 6.33. The average molecular weight is 260 g/mol. The Morgan fingerprint density at radius 3 is 2.94 bits per heavy atom. The first-order valence-electron chi connectivity index (χ1n) is 4.43. The maximum atomic E-state index is 5.81. The SMILES string of the molecule is Clc1cc(NCCc2ncon2)c(Cl)nn1. The minimum absolute atomic E-state index is 0.275. The fraction of sp³-hybridized carbons (Fsp3) is 0.250. The normalized spacial score (nSPS) is 10.4. The van der Waals surface area contributed by atoms with Crippen molar-refractivity contribution >= 4 is 28.9 Å². The highest BCUT2D eigenvalue weighted by atomic mass is 35.5. The van der Waals surface area contributed by atoms with Gasteiger partial charge in [-0.15, -0.1) is 10.2 Å². The van der Waals surface area contributed by atoms with Gasteiger partial charge in [-0.1, -0.05) is 28.4 Å². The lowest BCUT2D eigenvalue weighted by atomic mass is 10.4. The molecule has 2 aromatic rings. The molecule has 0 fully saturated rings. The van der Waals surface area contributed by atoms with Gasteiger partial charge in [0, 0.05) is 19.0 Å². The van der Waals surface area contributed by atoms with Crippen molar-refractivity contribution in [1.29, 1.82) is 0 Å². The van der Waals surface area contributed by atoms with E-state index in [2.05, 4.69) is 30.2 Å². The van der Waals surface area contributed by atoms with Gasteiger partial charge in [0.1, 0.15) is 0 Å². The van der Waals surface area contributed by atoms with Crippen molar-refractivity contribution in [3.63, 3.8) is 0 Å². The molecule has 0 spiro atoms. The molecule has 84 valence electrons. The van der Waals surface area contributed by atoms with E-state index in [9.17, 15) is 0 Å². The highest BCUT2D eigenvalue weighted by Gasteiger charge is 2.04. The van der Waals surface area contributed by atoms with Crippen LogP contribution in [0.3, 0.4) is 0 Å². The number of halogens is 2. The molecule has 0 aliphatic rings. The van der Waals surface area contributed by atoms with E-state index in [0.29, 0.717) is 24.5 Å². The minimum atomic E-state index is 0.275. The van der Waals surface area contributed by atoms with Gasteiger partial charge in [-0.25, -0.2) is 0 Å². The van der Waals surface area contributed by atoms with Gasteiger partial charge in [0.25, 0.3) is 0 Å². The molecule has 0 aliphatic carbocycles. The van der Waals surface area contributed by atoms with Crippen LogP contribution >= 0.6 is 23.2 Å². The van der Waals surface area contributed by atoms with Gasteiger partial charge >= 0.3 is 0 Å². The average Bonchev–Trinajstić information content (AvgIpc) is 2.76. The van der Waals surface area contributed by atoms with E-state index in [4.69, 9.17) is 23.2 Å². The molecule has 0 saturated heterocycles. The predicted molar refractivity (Wildman–Crippen MR) is 58.5 cm³/mol. The van der Waals surface area contributed by atoms with Gasteiger partial charge in [0.05, 0.1) is 5.69 Å². The van der Waals surface area contributed by atoms with Gasteiger partial charge in [-0.3, -0.25) is 0 Å². The van der Waals surface area contributed by atoms with Crippen molar-refractivity contribution in [3.05, 3.63) is 28.6 Å². The first kappa shape index (κ1) is 11.1. The third-order valence-electron chi connectivity index (χ3n) is 1.79. The number of hydrogen-bond acceptors (Lipinski definition) is 6. The van der Waals surface area contributed by atoms with E-state index in [-0.39, 0.29) is 10.3 Å². The molecule has 0 amide bonds. The second kappa shape index (κ2) is 5.09. The molecule has 1 N–H and O–H groups in total. The van der Waals surface area contributed by atoms with E-state index in [1.807, 2.05) is 0 Å². The maximum Gasteiger partial charge on any atom is 0.213 e. The second-order valence-corrected chi connectivity index (χ2v) is 3.64. The van der Waals surface area contributed by atoms with Crippen molar-refractivity contribution in [3.8, 4) is 0 Å². The molecule has 0 saturated carbocycles. The van der Waals surface area contributed by atoms with E-state index < -0.39 is 0 Å². The summed E-state index contributed by atoms with van der Waals surface area (Å²) < 4.78 is 4.60. The number of aromatic nitrogens is 4. The highest BCUT2D eigenvalue weighted by Crippen LogP contribution is 2.20. The molecular formula is C8H7Cl2N5O. The van der Waals surface area contributed by atoms with Crippen LogP contribution in [-0.4, -0.2) is 26.9 Å². The lowest BCUT2D eigenvalue weighted by Crippen LogP contribution is -2.07. The molecular weight excluding hydrogens is 253 g/mol. The van der Waals surface area contributed by atoms with Crippen LogP contribution in [-0.2, 0) is 6.42 Å². The molecule has 6 nitrogen and oxygen atoms in total. The Balaban J connectivity index is 1.92. The number of anilines is 1. The largest absolute Gasteiger partial charge is 0.382 e. The third-order valence-corrected chi connectivity index (χ3v) is 2.25. The monoisotopic (exact) mass is 259 g/mol. The zero-order valence-corrected chi connectivity index (χ0v) is 9.53. The van der Waals surface area contributed by atoms with Crippen molar-refractivity contribution in [2.75, 3.05) is 11.9 Å². The molecule has 0 aromatic carbocycles. The Bertz CT molecular complexity index is 461. The molecule has 2 aromatic heterocycles. The molecule has 2 rings (SSSR count). The van der Waals surface area contributed by atoms with E-state index in [0.717, 1.165) is 0 Å². The fourth-order valence-corrected chi connectivity index (χ4v) is 1.39. The summed E-state index contributed by atoms with van der Waals surface area (Å²) in [5.74, 6) is 0.622. The summed E-state index contributed by atoms with van der Waals surface area (Å²) in [4.78, 5) is 3.88. The molecule has 16 heavy (non-hydrogen) atoms. The smallest absolute Gasteiger partial charge is 0.213 e. The van der Waals surface area contributed by atoms with Gasteiger partial charge < -0.3 is 9.84 Å². The number of rotatable bonds is 4. The van der Waals surface area contributed by atoms with Crippen molar-refractivity contribution < 1.29 is 4.52 Å². The Morgan fingerprint density at radius 1 is 1.31 bits per heavy atom. The molecule has 0 unspecified atom stereocenters. The lowest BCUT2D eigenvalue weighted by Gasteiger charge is -2.05. The molecule has 0 atom stereocenters. The first-order chi connectivity index (χ1) is 7.75. The van der Waals surface area contributed by atoms with E-state index in [1.165, 1.54) is 6.39 Å². The molecule has 8 heteroatoms. The van der Waals surface area contributed by atoms with Gasteiger partial charge in [-0.2, -0.15) is 4.98 Å². The third kappa shape index (κ3) is 2.80. The van der Waals surface area contributed by atoms with Crippen molar-refractivity contribution in [2.24, 2.45) is 0 Å². The summed E-state index contributed by atoms with van der Waals surface area (Å²) in [5, 5.41) is 14.6. The van der Waals surface area contributed by atoms with Gasteiger partial charge in [-0.05, 0) is 0 Å². The van der Waals surface area contributed by atoms with Gasteiger partial charge in [0.15, 0.2) is 16.1 Å². The van der Waals surface area contributed by atoms with Crippen molar-refractivity contribution in [2.45, 2.75) is 6.42 Å². The summed E-state index contributed by atoms with van der Waals surface area (Å²) in [5.41, 5.74) is 0.630. The van der Waals surface area contributed by atoms with Crippen LogP contribution in [0.1, 0.15) is 5.82 Å². The Kier molecular flexibility index (Phi) is 3.53. The fourth-order valence-electron chi connectivity index (χ4n) is 1.09. The number of nitrogens with one attached hydrogen (secondary N) is 1. The Morgan fingerprint density at radius 2 is 2.19 bits per heavy atom. The number of hydrogen-bond donors (Lipinski definition) is 1. The first-order valence-corrected chi connectivity index (χ1v) is 5.19. The van der Waals surface area contributed by atoms with Crippen molar-refractivity contribution in [1.82, 2.24) is 20.3 Å². The standard InChI is InChI=1S/C8H7Cl2N5O/c9-6-3-5(8(10)14-13-6)11-2-1-7-12-4-16-15-7/h3-4H,1-2H2,(H,11,13). The summed E-state index contributed by atoms with van der Waals surface area (Å²) >= 11 is 11.5. The molecule has 0 aliphatic heterocycles. The molecule has 2 heterocycles. The zero-order chi connectivity index (χ0) is 11.4. The van der Waals surface area contributed by atoms with Crippen LogP contribution in [0.25, 0.3) is 0 Å². The second-order valence-electron chi connectivity index (χ2n) is 2.90. The topological polar surface area (TPSA) is 76.7 Å². The summed E-state index contributed by atoms with van der Waals surface area (Å²) in [6.45, 7) is 0.598. The van der Waals surface area contributed by atoms with Crippen LogP contribution < -0.4 is 5.32 Å². The van der Waals surface area contributed by atoms with Crippen LogP contribution in [0.4, 0.5) is 5.69 Å². The van der Waals surface area contributed by atoms with Crippen LogP contribution in [0.5, 0.6) is 0 Å². The summed E-state index contributed by atoms with van der Waals surface area (Å²) in [6.07, 6.45) is 1.90. The van der Waals surface area contributed by atoms with Crippen LogP contribution in [0, 0.1) is 0 Å². The summed E-state index contributed by atoms with van der Waals surface area (Å²) in [6, 6.07) is 1.60. The van der Waals surface area contributed by atoms with Gasteiger partial charge in [0.2, 0.25) is 6.39 Å². The Labute approximate surface area is 101 Å². The number of nitrogens with zero attached hydrogens (tertiary/aromatic N) is 4. The molecule has 0 bridgehead atoms. The maximum absolute atomic E-state index is 5.81. The Hall–Kier alpha value is -1.40. The lowest BCUT2D eigenvalue weighted by molar-refractivity contribution is 0.410. The minimum Gasteiger partial charge on any atom is -0.382 e. The molecule has 0 radical (unpaired) electrons. The zero-order valence-electron chi connectivity index (χ0n) is 8.02.